The number of ketones is 2. The van der Waals surface area contributed by atoms with Crippen molar-refractivity contribution in [3.8, 4) is 46.0 Å². The van der Waals surface area contributed by atoms with Gasteiger partial charge in [-0.15, -0.1) is 0 Å². The lowest BCUT2D eigenvalue weighted by atomic mass is 9.74. The first-order valence-corrected chi connectivity index (χ1v) is 13.8. The number of rotatable bonds is 7. The zero-order valence-electron chi connectivity index (χ0n) is 24.4. The summed E-state index contributed by atoms with van der Waals surface area (Å²) in [5, 5.41) is 21.8. The molecule has 0 bridgehead atoms. The molecule has 0 aromatic heterocycles. The molecule has 0 fully saturated rings. The smallest absolute Gasteiger partial charge is 0.181 e. The maximum absolute atomic E-state index is 14.3. The number of hydrogen-bond donors (Lipinski definition) is 2. The summed E-state index contributed by atoms with van der Waals surface area (Å²) in [4.78, 5) is 28.6. The molecular weight excluding hydrogens is 568 g/mol. The Morgan fingerprint density at radius 2 is 0.864 bits per heavy atom. The van der Waals surface area contributed by atoms with Crippen molar-refractivity contribution in [2.24, 2.45) is 0 Å². The van der Waals surface area contributed by atoms with E-state index >= 15 is 0 Å². The molecule has 4 atom stereocenters. The standard InChI is InChI=1S/C34H30O10/c1-39-19-9-5-17(6-10-19)27-31(37)29-23(35)13-21(41-3)15-25(29)43-33(27)34-28(18-7-11-20(40-2)12-8-18)32(38)30-24(36)14-22(42-4)16-26(30)44-34/h5-16,27-28,33-36H,1-4H3/t27-,28-,33-,34+/m0/s1. The molecule has 226 valence electrons. The summed E-state index contributed by atoms with van der Waals surface area (Å²) < 4.78 is 34.4. The van der Waals surface area contributed by atoms with Crippen LogP contribution in [0.2, 0.25) is 0 Å². The fourth-order valence-corrected chi connectivity index (χ4v) is 5.93. The maximum atomic E-state index is 14.3. The number of ether oxygens (including phenoxy) is 6. The monoisotopic (exact) mass is 598 g/mol. The molecule has 0 aliphatic carbocycles. The summed E-state index contributed by atoms with van der Waals surface area (Å²) in [7, 11) is 5.94. The minimum Gasteiger partial charge on any atom is -0.507 e. The van der Waals surface area contributed by atoms with E-state index in [1.807, 2.05) is 0 Å². The van der Waals surface area contributed by atoms with Gasteiger partial charge in [-0.2, -0.15) is 0 Å². The number of fused-ring (bicyclic) bond motifs is 2. The highest BCUT2D eigenvalue weighted by atomic mass is 16.6. The van der Waals surface area contributed by atoms with E-state index in [1.165, 1.54) is 52.7 Å². The zero-order valence-corrected chi connectivity index (χ0v) is 24.4. The van der Waals surface area contributed by atoms with Gasteiger partial charge in [-0.05, 0) is 35.4 Å². The van der Waals surface area contributed by atoms with Crippen LogP contribution in [0.25, 0.3) is 0 Å². The summed E-state index contributed by atoms with van der Waals surface area (Å²) in [6.45, 7) is 0. The lowest BCUT2D eigenvalue weighted by Crippen LogP contribution is -2.52. The van der Waals surface area contributed by atoms with Gasteiger partial charge in [0.1, 0.15) is 57.1 Å². The van der Waals surface area contributed by atoms with E-state index in [1.54, 1.807) is 48.5 Å². The Kier molecular flexibility index (Phi) is 7.42. The number of carbonyl (C=O) groups is 2. The van der Waals surface area contributed by atoms with Crippen LogP contribution >= 0.6 is 0 Å². The first-order valence-electron chi connectivity index (χ1n) is 13.8. The molecule has 0 saturated carbocycles. The van der Waals surface area contributed by atoms with Gasteiger partial charge in [0.15, 0.2) is 23.8 Å². The molecule has 10 heteroatoms. The lowest BCUT2D eigenvalue weighted by molar-refractivity contribution is 0.00727. The molecule has 0 spiro atoms. The number of benzene rings is 4. The Morgan fingerprint density at radius 1 is 0.523 bits per heavy atom. The van der Waals surface area contributed by atoms with Gasteiger partial charge in [0.05, 0.1) is 40.3 Å². The normalized spacial score (nSPS) is 20.5. The summed E-state index contributed by atoms with van der Waals surface area (Å²) in [5.74, 6) is -1.56. The molecule has 2 N–H and O–H groups in total. The highest BCUT2D eigenvalue weighted by Gasteiger charge is 2.52. The molecule has 2 heterocycles. The molecule has 4 aromatic rings. The van der Waals surface area contributed by atoms with E-state index < -0.39 is 35.6 Å². The van der Waals surface area contributed by atoms with Crippen molar-refractivity contribution in [1.82, 2.24) is 0 Å². The largest absolute Gasteiger partial charge is 0.507 e. The van der Waals surface area contributed by atoms with Crippen LogP contribution in [-0.4, -0.2) is 62.4 Å². The molecular formula is C34H30O10. The molecule has 0 unspecified atom stereocenters. The fourth-order valence-electron chi connectivity index (χ4n) is 5.93. The molecule has 6 rings (SSSR count). The average molecular weight is 599 g/mol. The number of Topliss-reactive ketones (excluding diaryl/α,β-unsaturated/α-hetero) is 2. The van der Waals surface area contributed by atoms with Gasteiger partial charge >= 0.3 is 0 Å². The Hall–Kier alpha value is -5.38. The number of phenols is 2. The van der Waals surface area contributed by atoms with Gasteiger partial charge in [0, 0.05) is 24.3 Å². The van der Waals surface area contributed by atoms with E-state index in [0.29, 0.717) is 22.6 Å². The van der Waals surface area contributed by atoms with Gasteiger partial charge in [-0.25, -0.2) is 0 Å². The van der Waals surface area contributed by atoms with Crippen molar-refractivity contribution in [3.63, 3.8) is 0 Å². The summed E-state index contributed by atoms with van der Waals surface area (Å²) in [6.07, 6.45) is -2.15. The van der Waals surface area contributed by atoms with Crippen molar-refractivity contribution >= 4 is 11.6 Å². The van der Waals surface area contributed by atoms with Crippen LogP contribution in [0.5, 0.6) is 46.0 Å². The minimum atomic E-state index is -1.08. The molecule has 44 heavy (non-hydrogen) atoms. The number of carbonyl (C=O) groups excluding carboxylic acids is 2. The Balaban J connectivity index is 1.56. The van der Waals surface area contributed by atoms with Gasteiger partial charge in [-0.3, -0.25) is 9.59 Å². The molecule has 4 aromatic carbocycles. The third-order valence-electron chi connectivity index (χ3n) is 8.10. The van der Waals surface area contributed by atoms with Crippen LogP contribution in [0.4, 0.5) is 0 Å². The lowest BCUT2D eigenvalue weighted by Gasteiger charge is -2.42. The van der Waals surface area contributed by atoms with Crippen LogP contribution in [0, 0.1) is 0 Å². The van der Waals surface area contributed by atoms with E-state index in [2.05, 4.69) is 0 Å². The second-order valence-corrected chi connectivity index (χ2v) is 10.4. The van der Waals surface area contributed by atoms with Gasteiger partial charge in [-0.1, -0.05) is 24.3 Å². The highest BCUT2D eigenvalue weighted by molar-refractivity contribution is 6.09. The third-order valence-corrected chi connectivity index (χ3v) is 8.10. The van der Waals surface area contributed by atoms with Crippen molar-refractivity contribution in [2.75, 3.05) is 28.4 Å². The second-order valence-electron chi connectivity index (χ2n) is 10.4. The predicted octanol–water partition coefficient (Wildman–Crippen LogP) is 5.29. The van der Waals surface area contributed by atoms with Crippen molar-refractivity contribution in [1.29, 1.82) is 0 Å². The first-order chi connectivity index (χ1) is 21.3. The second kappa shape index (κ2) is 11.4. The Labute approximate surface area is 253 Å². The highest BCUT2D eigenvalue weighted by Crippen LogP contribution is 2.50. The van der Waals surface area contributed by atoms with E-state index in [-0.39, 0.29) is 45.6 Å². The topological polar surface area (TPSA) is 130 Å². The first kappa shape index (κ1) is 28.7. The number of aromatic hydroxyl groups is 2. The fraction of sp³-hybridized carbons (Fsp3) is 0.235. The summed E-state index contributed by atoms with van der Waals surface area (Å²) in [6, 6.07) is 19.5. The molecule has 2 aliphatic heterocycles. The van der Waals surface area contributed by atoms with Gasteiger partial charge < -0.3 is 38.6 Å². The average Bonchev–Trinajstić information content (AvgIpc) is 3.04. The Bertz CT molecular complexity index is 1600. The molecule has 0 amide bonds. The number of phenolic OH excluding ortho intramolecular Hbond substituents is 2. The SMILES string of the molecule is COc1ccc([C@H]2C(=O)c3c(O)cc(OC)cc3O[C@@H]2[C@@H]2Oc3cc(OC)cc(O)c3C(=O)[C@@H]2c2ccc(OC)cc2)cc1. The van der Waals surface area contributed by atoms with E-state index in [4.69, 9.17) is 28.4 Å². The summed E-state index contributed by atoms with van der Waals surface area (Å²) in [5.41, 5.74) is 1.10. The molecule has 0 radical (unpaired) electrons. The molecule has 10 nitrogen and oxygen atoms in total. The van der Waals surface area contributed by atoms with E-state index in [0.717, 1.165) is 0 Å². The molecule has 0 saturated heterocycles. The number of methoxy groups -OCH3 is 4. The van der Waals surface area contributed by atoms with Crippen LogP contribution in [0.3, 0.4) is 0 Å². The Morgan fingerprint density at radius 3 is 1.18 bits per heavy atom. The van der Waals surface area contributed by atoms with Crippen LogP contribution < -0.4 is 28.4 Å². The number of hydrogen-bond acceptors (Lipinski definition) is 10. The van der Waals surface area contributed by atoms with Crippen molar-refractivity contribution in [2.45, 2.75) is 24.0 Å². The third kappa shape index (κ3) is 4.78. The van der Waals surface area contributed by atoms with E-state index in [9.17, 15) is 19.8 Å². The summed E-state index contributed by atoms with van der Waals surface area (Å²) >= 11 is 0. The van der Waals surface area contributed by atoms with Crippen molar-refractivity contribution < 1.29 is 48.2 Å². The maximum Gasteiger partial charge on any atom is 0.181 e. The van der Waals surface area contributed by atoms with Crippen molar-refractivity contribution in [3.05, 3.63) is 95.1 Å². The van der Waals surface area contributed by atoms with Crippen LogP contribution in [0.1, 0.15) is 43.7 Å². The zero-order chi connectivity index (χ0) is 31.1. The van der Waals surface area contributed by atoms with Gasteiger partial charge in [0.25, 0.3) is 0 Å². The quantitative estimate of drug-likeness (QED) is 0.290. The minimum absolute atomic E-state index is 0.00860. The molecule has 2 aliphatic rings. The van der Waals surface area contributed by atoms with Crippen LogP contribution in [-0.2, 0) is 0 Å². The predicted molar refractivity (Wildman–Crippen MR) is 158 cm³/mol. The van der Waals surface area contributed by atoms with Crippen LogP contribution in [0.15, 0.2) is 72.8 Å². The van der Waals surface area contributed by atoms with Gasteiger partial charge in [0.2, 0.25) is 0 Å².